The Labute approximate surface area is 183 Å². The van der Waals surface area contributed by atoms with Gasteiger partial charge in [-0.3, -0.25) is 0 Å². The summed E-state index contributed by atoms with van der Waals surface area (Å²) in [6.07, 6.45) is -7.48. The first-order valence-corrected chi connectivity index (χ1v) is 9.95. The van der Waals surface area contributed by atoms with Crippen LogP contribution >= 0.6 is 11.6 Å². The highest BCUT2D eigenvalue weighted by atomic mass is 35.5. The number of nitrogens with zero attached hydrogens (tertiary/aromatic N) is 4. The zero-order valence-corrected chi connectivity index (χ0v) is 17.1. The third kappa shape index (κ3) is 4.13. The zero-order valence-electron chi connectivity index (χ0n) is 16.4. The molecule has 3 heterocycles. The summed E-state index contributed by atoms with van der Waals surface area (Å²) in [7, 11) is 0. The monoisotopic (exact) mass is 475 g/mol. The van der Waals surface area contributed by atoms with Crippen molar-refractivity contribution in [2.24, 2.45) is 0 Å². The lowest BCUT2D eigenvalue weighted by atomic mass is 9.94. The predicted octanol–water partition coefficient (Wildman–Crippen LogP) is 6.11. The van der Waals surface area contributed by atoms with Crippen molar-refractivity contribution >= 4 is 28.5 Å². The third-order valence-corrected chi connectivity index (χ3v) is 5.48. The summed E-state index contributed by atoms with van der Waals surface area (Å²) in [5.41, 5.74) is 2.36. The van der Waals surface area contributed by atoms with E-state index < -0.39 is 36.0 Å². The maximum atomic E-state index is 13.2. The quantitative estimate of drug-likeness (QED) is 0.365. The van der Waals surface area contributed by atoms with E-state index >= 15 is 0 Å². The van der Waals surface area contributed by atoms with Gasteiger partial charge in [0.15, 0.2) is 0 Å². The lowest BCUT2D eigenvalue weighted by molar-refractivity contribution is -0.155. The third-order valence-electron chi connectivity index (χ3n) is 5.25. The van der Waals surface area contributed by atoms with E-state index in [0.29, 0.717) is 30.0 Å². The molecule has 1 aromatic carbocycles. The fourth-order valence-corrected chi connectivity index (χ4v) is 4.07. The number of benzene rings is 1. The van der Waals surface area contributed by atoms with Gasteiger partial charge in [0.2, 0.25) is 17.6 Å². The molecular weight excluding hydrogens is 460 g/mol. The molecule has 0 spiro atoms. The van der Waals surface area contributed by atoms with Crippen molar-refractivity contribution in [2.45, 2.75) is 37.7 Å². The van der Waals surface area contributed by atoms with Crippen molar-refractivity contribution in [1.82, 2.24) is 19.9 Å². The maximum absolute atomic E-state index is 13.2. The maximum Gasteiger partial charge on any atom is 0.451 e. The molecule has 3 aromatic rings. The van der Waals surface area contributed by atoms with E-state index in [0.717, 1.165) is 16.5 Å². The SMILES string of the molecule is C=CCCC1c2[nH]c3ccc(Cl)cc3c2CCN1c1nc(C(F)(F)F)nc(C(F)(F)F)n1. The fraction of sp³-hybridized carbons (Fsp3) is 0.350. The summed E-state index contributed by atoms with van der Waals surface area (Å²) in [5, 5.41) is 1.38. The topological polar surface area (TPSA) is 57.7 Å². The molecule has 0 radical (unpaired) electrons. The van der Waals surface area contributed by atoms with E-state index in [4.69, 9.17) is 11.6 Å². The largest absolute Gasteiger partial charge is 0.451 e. The summed E-state index contributed by atoms with van der Waals surface area (Å²) in [6, 6.07) is 4.66. The van der Waals surface area contributed by atoms with Gasteiger partial charge in [-0.25, -0.2) is 4.98 Å². The van der Waals surface area contributed by atoms with E-state index in [-0.39, 0.29) is 6.54 Å². The van der Waals surface area contributed by atoms with Crippen LogP contribution in [0.25, 0.3) is 10.9 Å². The highest BCUT2D eigenvalue weighted by Crippen LogP contribution is 2.40. The zero-order chi connectivity index (χ0) is 23.3. The molecule has 5 nitrogen and oxygen atoms in total. The Balaban J connectivity index is 1.86. The van der Waals surface area contributed by atoms with Crippen LogP contribution in [0.5, 0.6) is 0 Å². The number of alkyl halides is 6. The molecule has 12 heteroatoms. The number of aromatic nitrogens is 4. The van der Waals surface area contributed by atoms with Crippen LogP contribution in [0.2, 0.25) is 5.02 Å². The highest BCUT2D eigenvalue weighted by Gasteiger charge is 2.43. The Kier molecular flexibility index (Phi) is 5.56. The van der Waals surface area contributed by atoms with E-state index in [9.17, 15) is 26.3 Å². The minimum Gasteiger partial charge on any atom is -0.356 e. The molecule has 0 saturated heterocycles. The molecule has 1 atom stereocenters. The molecule has 170 valence electrons. The molecule has 0 bridgehead atoms. The number of aromatic amines is 1. The summed E-state index contributed by atoms with van der Waals surface area (Å²) in [4.78, 5) is 13.9. The first-order chi connectivity index (χ1) is 15.0. The van der Waals surface area contributed by atoms with Crippen molar-refractivity contribution < 1.29 is 26.3 Å². The van der Waals surface area contributed by atoms with Gasteiger partial charge in [-0.1, -0.05) is 17.7 Å². The molecule has 0 fully saturated rings. The van der Waals surface area contributed by atoms with Crippen LogP contribution in [0.3, 0.4) is 0 Å². The smallest absolute Gasteiger partial charge is 0.356 e. The van der Waals surface area contributed by atoms with Crippen molar-refractivity contribution in [2.75, 3.05) is 11.4 Å². The molecule has 2 aromatic heterocycles. The van der Waals surface area contributed by atoms with Crippen molar-refractivity contribution in [3.05, 3.63) is 58.8 Å². The average Bonchev–Trinajstić information content (AvgIpc) is 3.08. The van der Waals surface area contributed by atoms with Crippen molar-refractivity contribution in [3.8, 4) is 0 Å². The lowest BCUT2D eigenvalue weighted by Gasteiger charge is -2.36. The lowest BCUT2D eigenvalue weighted by Crippen LogP contribution is -2.38. The van der Waals surface area contributed by atoms with Gasteiger partial charge >= 0.3 is 12.4 Å². The van der Waals surface area contributed by atoms with Crippen LogP contribution in [0, 0.1) is 0 Å². The number of hydrogen-bond acceptors (Lipinski definition) is 4. The number of anilines is 1. The Morgan fingerprint density at radius 2 is 1.75 bits per heavy atom. The van der Waals surface area contributed by atoms with Gasteiger partial charge in [-0.15, -0.1) is 6.58 Å². The second-order valence-electron chi connectivity index (χ2n) is 7.31. The minimum atomic E-state index is -5.16. The molecule has 32 heavy (non-hydrogen) atoms. The van der Waals surface area contributed by atoms with E-state index in [2.05, 4.69) is 26.5 Å². The number of hydrogen-bond donors (Lipinski definition) is 1. The summed E-state index contributed by atoms with van der Waals surface area (Å²) in [5.74, 6) is -4.44. The van der Waals surface area contributed by atoms with Crippen molar-refractivity contribution in [3.63, 3.8) is 0 Å². The number of H-pyrrole nitrogens is 1. The molecular formula is C20H16ClF6N5. The highest BCUT2D eigenvalue weighted by molar-refractivity contribution is 6.31. The van der Waals surface area contributed by atoms with E-state index in [1.54, 1.807) is 24.3 Å². The first kappa shape index (κ1) is 22.4. The second-order valence-corrected chi connectivity index (χ2v) is 7.75. The van der Waals surface area contributed by atoms with Crippen LogP contribution in [0.15, 0.2) is 30.9 Å². The Morgan fingerprint density at radius 3 is 2.34 bits per heavy atom. The van der Waals surface area contributed by atoms with Crippen LogP contribution in [-0.2, 0) is 18.8 Å². The number of halogens is 7. The van der Waals surface area contributed by atoms with Crippen LogP contribution < -0.4 is 4.90 Å². The number of rotatable bonds is 4. The Hall–Kier alpha value is -2.82. The van der Waals surface area contributed by atoms with Gasteiger partial charge in [0.05, 0.1) is 6.04 Å². The van der Waals surface area contributed by atoms with Gasteiger partial charge in [0.1, 0.15) is 0 Å². The second kappa shape index (κ2) is 7.95. The molecule has 1 aliphatic heterocycles. The Bertz CT molecular complexity index is 1140. The number of fused-ring (bicyclic) bond motifs is 3. The summed E-state index contributed by atoms with van der Waals surface area (Å²) >= 11 is 6.11. The Morgan fingerprint density at radius 1 is 1.09 bits per heavy atom. The first-order valence-electron chi connectivity index (χ1n) is 9.57. The van der Waals surface area contributed by atoms with Gasteiger partial charge in [-0.05, 0) is 43.0 Å². The molecule has 0 aliphatic carbocycles. The summed E-state index contributed by atoms with van der Waals surface area (Å²) < 4.78 is 79.5. The standard InChI is InChI=1S/C20H16ClF6N5/c1-2-3-4-14-15-11(12-9-10(21)5-6-13(12)28-15)7-8-32(14)18-30-16(19(22,23)24)29-17(31-18)20(25,26)27/h2,5-6,9,14,28H,1,3-4,7-8H2. The summed E-state index contributed by atoms with van der Waals surface area (Å²) in [6.45, 7) is 3.78. The molecule has 0 saturated carbocycles. The molecule has 0 amide bonds. The minimum absolute atomic E-state index is 0.118. The molecule has 1 N–H and O–H groups in total. The molecule has 1 aliphatic rings. The molecule has 4 rings (SSSR count). The number of nitrogens with one attached hydrogen (secondary N) is 1. The van der Waals surface area contributed by atoms with Crippen LogP contribution in [0.4, 0.5) is 32.3 Å². The van der Waals surface area contributed by atoms with Gasteiger partial charge < -0.3 is 9.88 Å². The van der Waals surface area contributed by atoms with Crippen molar-refractivity contribution in [1.29, 1.82) is 0 Å². The van der Waals surface area contributed by atoms with Gasteiger partial charge in [0, 0.05) is 28.2 Å². The normalized spacial score (nSPS) is 17.0. The number of allylic oxidation sites excluding steroid dienone is 1. The average molecular weight is 476 g/mol. The predicted molar refractivity (Wildman–Crippen MR) is 106 cm³/mol. The van der Waals surface area contributed by atoms with Crippen LogP contribution in [0.1, 0.15) is 41.8 Å². The van der Waals surface area contributed by atoms with Gasteiger partial charge in [0.25, 0.3) is 0 Å². The van der Waals surface area contributed by atoms with Gasteiger partial charge in [-0.2, -0.15) is 36.3 Å². The fourth-order valence-electron chi connectivity index (χ4n) is 3.90. The van der Waals surface area contributed by atoms with Crippen LogP contribution in [-0.4, -0.2) is 26.5 Å². The molecule has 1 unspecified atom stereocenters. The van der Waals surface area contributed by atoms with E-state index in [1.807, 2.05) is 0 Å². The van der Waals surface area contributed by atoms with E-state index in [1.165, 1.54) is 4.90 Å².